The fourth-order valence-corrected chi connectivity index (χ4v) is 1.55. The van der Waals surface area contributed by atoms with Crippen LogP contribution in [0.25, 0.3) is 0 Å². The van der Waals surface area contributed by atoms with Gasteiger partial charge >= 0.3 is 0 Å². The third-order valence-corrected chi connectivity index (χ3v) is 2.66. The van der Waals surface area contributed by atoms with Gasteiger partial charge in [-0.2, -0.15) is 0 Å². The lowest BCUT2D eigenvalue weighted by Gasteiger charge is -2.22. The van der Waals surface area contributed by atoms with E-state index in [4.69, 9.17) is 11.6 Å². The van der Waals surface area contributed by atoms with Crippen LogP contribution in [0.4, 0.5) is 0 Å². The molecule has 1 fully saturated rings. The van der Waals surface area contributed by atoms with E-state index in [-0.39, 0.29) is 0 Å². The summed E-state index contributed by atoms with van der Waals surface area (Å²) in [5, 5.41) is 0.476. The first kappa shape index (κ1) is 6.41. The van der Waals surface area contributed by atoms with Crippen LogP contribution >= 0.6 is 11.6 Å². The van der Waals surface area contributed by atoms with Crippen LogP contribution in [0.5, 0.6) is 0 Å². The van der Waals surface area contributed by atoms with Crippen molar-refractivity contribution in [1.82, 2.24) is 0 Å². The Morgan fingerprint density at radius 3 is 2.25 bits per heavy atom. The molecular formula is C7H13Cl. The van der Waals surface area contributed by atoms with E-state index in [0.29, 0.717) is 5.38 Å². The Balaban J connectivity index is 2.28. The minimum Gasteiger partial charge on any atom is -0.123 e. The lowest BCUT2D eigenvalue weighted by Crippen LogP contribution is -2.15. The molecule has 0 bridgehead atoms. The molecule has 0 spiro atoms. The highest BCUT2D eigenvalue weighted by Crippen LogP contribution is 2.27. The molecule has 0 aromatic rings. The van der Waals surface area contributed by atoms with Gasteiger partial charge in [0.05, 0.1) is 0 Å². The van der Waals surface area contributed by atoms with Gasteiger partial charge in [0.2, 0.25) is 0 Å². The average Bonchev–Trinajstić information content (AvgIpc) is 1.77. The second-order valence-corrected chi connectivity index (χ2v) is 3.34. The van der Waals surface area contributed by atoms with Crippen molar-refractivity contribution < 1.29 is 0 Å². The predicted molar refractivity (Wildman–Crippen MR) is 37.3 cm³/mol. The highest BCUT2D eigenvalue weighted by Gasteiger charge is 2.17. The van der Waals surface area contributed by atoms with Crippen LogP contribution in [0.15, 0.2) is 0 Å². The summed E-state index contributed by atoms with van der Waals surface area (Å²) in [4.78, 5) is 0. The van der Waals surface area contributed by atoms with Crippen LogP contribution in [-0.4, -0.2) is 5.38 Å². The molecular weight excluding hydrogens is 120 g/mol. The molecule has 0 aromatic heterocycles. The first-order valence-corrected chi connectivity index (χ1v) is 3.88. The molecule has 1 heteroatoms. The van der Waals surface area contributed by atoms with Crippen LogP contribution in [0.3, 0.4) is 0 Å². The zero-order valence-electron chi connectivity index (χ0n) is 5.36. The molecule has 0 radical (unpaired) electrons. The summed E-state index contributed by atoms with van der Waals surface area (Å²) in [7, 11) is 0. The standard InChI is InChI=1S/C7H13Cl/c1-6-4-2-3-5-7(6)8/h6-7H,2-5H2,1H3/t6-,7+/m1/s1. The van der Waals surface area contributed by atoms with E-state index in [9.17, 15) is 0 Å². The average molecular weight is 133 g/mol. The van der Waals surface area contributed by atoms with Crippen molar-refractivity contribution >= 4 is 11.6 Å². The van der Waals surface area contributed by atoms with Crippen molar-refractivity contribution in [2.45, 2.75) is 38.0 Å². The van der Waals surface area contributed by atoms with Gasteiger partial charge in [-0.1, -0.05) is 19.8 Å². The van der Waals surface area contributed by atoms with Gasteiger partial charge in [-0.05, 0) is 18.8 Å². The van der Waals surface area contributed by atoms with Gasteiger partial charge in [0.1, 0.15) is 0 Å². The Bertz CT molecular complexity index is 60.8. The molecule has 48 valence electrons. The highest BCUT2D eigenvalue weighted by molar-refractivity contribution is 6.20. The van der Waals surface area contributed by atoms with Gasteiger partial charge in [0, 0.05) is 5.38 Å². The largest absolute Gasteiger partial charge is 0.123 e. The SMILES string of the molecule is C[C@@H]1CCCC[C@@H]1Cl. The second kappa shape index (κ2) is 2.72. The Morgan fingerprint density at radius 2 is 1.88 bits per heavy atom. The Morgan fingerprint density at radius 1 is 1.25 bits per heavy atom. The molecule has 0 N–H and O–H groups in total. The molecule has 2 atom stereocenters. The molecule has 0 aliphatic heterocycles. The first-order chi connectivity index (χ1) is 3.80. The number of rotatable bonds is 0. The molecule has 1 aliphatic rings. The molecule has 0 heterocycles. The minimum absolute atomic E-state index is 0.476. The van der Waals surface area contributed by atoms with Crippen molar-refractivity contribution in [3.8, 4) is 0 Å². The molecule has 0 unspecified atom stereocenters. The van der Waals surface area contributed by atoms with Gasteiger partial charge in [0.25, 0.3) is 0 Å². The lowest BCUT2D eigenvalue weighted by atomic mass is 9.90. The van der Waals surface area contributed by atoms with Crippen LogP contribution in [-0.2, 0) is 0 Å². The Hall–Kier alpha value is 0.290. The zero-order valence-corrected chi connectivity index (χ0v) is 6.12. The van der Waals surface area contributed by atoms with E-state index >= 15 is 0 Å². The van der Waals surface area contributed by atoms with Crippen molar-refractivity contribution in [3.63, 3.8) is 0 Å². The zero-order chi connectivity index (χ0) is 5.98. The smallest absolute Gasteiger partial charge is 0.0361 e. The van der Waals surface area contributed by atoms with Crippen molar-refractivity contribution in [2.75, 3.05) is 0 Å². The summed E-state index contributed by atoms with van der Waals surface area (Å²) in [6.07, 6.45) is 5.32. The lowest BCUT2D eigenvalue weighted by molar-refractivity contribution is 0.392. The summed E-state index contributed by atoms with van der Waals surface area (Å²) in [5.41, 5.74) is 0. The van der Waals surface area contributed by atoms with E-state index in [1.807, 2.05) is 0 Å². The number of halogens is 1. The molecule has 0 aromatic carbocycles. The van der Waals surface area contributed by atoms with Gasteiger partial charge in [0.15, 0.2) is 0 Å². The van der Waals surface area contributed by atoms with Crippen LogP contribution < -0.4 is 0 Å². The quantitative estimate of drug-likeness (QED) is 0.445. The maximum atomic E-state index is 5.97. The molecule has 0 nitrogen and oxygen atoms in total. The summed E-state index contributed by atoms with van der Waals surface area (Å²) in [6.45, 7) is 2.25. The minimum atomic E-state index is 0.476. The molecule has 1 rings (SSSR count). The van der Waals surface area contributed by atoms with E-state index in [1.165, 1.54) is 25.7 Å². The molecule has 0 amide bonds. The van der Waals surface area contributed by atoms with Crippen LogP contribution in [0.1, 0.15) is 32.6 Å². The van der Waals surface area contributed by atoms with E-state index < -0.39 is 0 Å². The topological polar surface area (TPSA) is 0 Å². The Kier molecular flexibility index (Phi) is 2.18. The molecule has 8 heavy (non-hydrogen) atoms. The van der Waals surface area contributed by atoms with Gasteiger partial charge in [-0.25, -0.2) is 0 Å². The maximum absolute atomic E-state index is 5.97. The van der Waals surface area contributed by atoms with Crippen molar-refractivity contribution in [3.05, 3.63) is 0 Å². The van der Waals surface area contributed by atoms with Gasteiger partial charge in [-0.15, -0.1) is 11.6 Å². The van der Waals surface area contributed by atoms with E-state index in [1.54, 1.807) is 0 Å². The third kappa shape index (κ3) is 1.38. The van der Waals surface area contributed by atoms with Gasteiger partial charge in [-0.3, -0.25) is 0 Å². The summed E-state index contributed by atoms with van der Waals surface area (Å²) in [5.74, 6) is 0.769. The number of hydrogen-bond acceptors (Lipinski definition) is 0. The fraction of sp³-hybridized carbons (Fsp3) is 1.00. The second-order valence-electron chi connectivity index (χ2n) is 2.78. The summed E-state index contributed by atoms with van der Waals surface area (Å²) in [6, 6.07) is 0. The van der Waals surface area contributed by atoms with Crippen LogP contribution in [0, 0.1) is 5.92 Å². The Labute approximate surface area is 56.2 Å². The van der Waals surface area contributed by atoms with Crippen LogP contribution in [0.2, 0.25) is 0 Å². The normalized spacial score (nSPS) is 39.8. The fourth-order valence-electron chi connectivity index (χ4n) is 1.27. The highest BCUT2D eigenvalue weighted by atomic mass is 35.5. The number of alkyl halides is 1. The molecule has 0 saturated heterocycles. The van der Waals surface area contributed by atoms with E-state index in [2.05, 4.69) is 6.92 Å². The van der Waals surface area contributed by atoms with Crippen molar-refractivity contribution in [2.24, 2.45) is 5.92 Å². The molecule has 1 aliphatic carbocycles. The summed E-state index contributed by atoms with van der Waals surface area (Å²) >= 11 is 5.97. The maximum Gasteiger partial charge on any atom is 0.0361 e. The van der Waals surface area contributed by atoms with Gasteiger partial charge < -0.3 is 0 Å². The van der Waals surface area contributed by atoms with E-state index in [0.717, 1.165) is 5.92 Å². The number of hydrogen-bond donors (Lipinski definition) is 0. The monoisotopic (exact) mass is 132 g/mol. The molecule has 1 saturated carbocycles. The predicted octanol–water partition coefficient (Wildman–Crippen LogP) is 2.80. The van der Waals surface area contributed by atoms with Crippen molar-refractivity contribution in [1.29, 1.82) is 0 Å². The first-order valence-electron chi connectivity index (χ1n) is 3.45. The summed E-state index contributed by atoms with van der Waals surface area (Å²) < 4.78 is 0. The third-order valence-electron chi connectivity index (χ3n) is 2.01.